The molecule has 1 unspecified atom stereocenters. The lowest BCUT2D eigenvalue weighted by molar-refractivity contribution is 0.591. The second-order valence-corrected chi connectivity index (χ2v) is 15.5. The first-order valence-corrected chi connectivity index (χ1v) is 18.6. The van der Waals surface area contributed by atoms with Gasteiger partial charge < -0.3 is 4.57 Å². The molecule has 1 atom stereocenters. The molecule has 0 saturated heterocycles. The molecular weight excluding hydrogens is 615 g/mol. The van der Waals surface area contributed by atoms with Crippen molar-refractivity contribution in [1.29, 1.82) is 0 Å². The molecule has 7 aromatic carbocycles. The van der Waals surface area contributed by atoms with Gasteiger partial charge in [-0.1, -0.05) is 152 Å². The number of benzene rings is 7. The van der Waals surface area contributed by atoms with Gasteiger partial charge in [0.15, 0.2) is 5.82 Å². The van der Waals surface area contributed by atoms with Crippen LogP contribution < -0.4 is 10.6 Å². The van der Waals surface area contributed by atoms with Crippen LogP contribution in [0.1, 0.15) is 0 Å². The van der Waals surface area contributed by atoms with Gasteiger partial charge in [0.25, 0.3) is 0 Å². The van der Waals surface area contributed by atoms with Gasteiger partial charge in [-0.05, 0) is 69.0 Å². The lowest BCUT2D eigenvalue weighted by atomic mass is 9.90. The largest absolute Gasteiger partial charge is 0.314 e. The summed E-state index contributed by atoms with van der Waals surface area (Å²) in [5.74, 6) is 0.708. The molecule has 0 bridgehead atoms. The van der Waals surface area contributed by atoms with Crippen LogP contribution in [0.4, 0.5) is 0 Å². The summed E-state index contributed by atoms with van der Waals surface area (Å²) in [5, 5.41) is 4.29. The monoisotopic (exact) mass is 646 g/mol. The fraction of sp³-hybridized carbons (Fsp3) is 0.0222. The number of aromatic nitrogens is 2. The van der Waals surface area contributed by atoms with Gasteiger partial charge in [0.1, 0.15) is 7.14 Å². The highest BCUT2D eigenvalue weighted by Gasteiger charge is 2.34. The molecule has 0 saturated carbocycles. The molecular formula is C45H31N2OP. The van der Waals surface area contributed by atoms with E-state index in [0.29, 0.717) is 5.82 Å². The quantitative estimate of drug-likeness (QED) is 0.175. The Morgan fingerprint density at radius 2 is 0.878 bits per heavy atom. The molecule has 0 fully saturated rings. The van der Waals surface area contributed by atoms with Crippen molar-refractivity contribution in [3.8, 4) is 67.3 Å². The molecule has 1 aliphatic heterocycles. The summed E-state index contributed by atoms with van der Waals surface area (Å²) in [6.45, 7) is 1.89. The summed E-state index contributed by atoms with van der Waals surface area (Å²) in [6, 6.07) is 58.8. The van der Waals surface area contributed by atoms with Crippen molar-refractivity contribution in [3.63, 3.8) is 0 Å². The highest BCUT2D eigenvalue weighted by atomic mass is 31.2. The van der Waals surface area contributed by atoms with Crippen molar-refractivity contribution >= 4 is 28.5 Å². The van der Waals surface area contributed by atoms with Crippen LogP contribution in [-0.2, 0) is 4.57 Å². The number of rotatable bonds is 5. The summed E-state index contributed by atoms with van der Waals surface area (Å²) in [4.78, 5) is 9.96. The highest BCUT2D eigenvalue weighted by Crippen LogP contribution is 2.51. The van der Waals surface area contributed by atoms with Gasteiger partial charge >= 0.3 is 0 Å². The maximum absolute atomic E-state index is 13.8. The first-order chi connectivity index (χ1) is 24.0. The molecule has 9 rings (SSSR count). The van der Waals surface area contributed by atoms with Gasteiger partial charge in [-0.15, -0.1) is 0 Å². The first-order valence-electron chi connectivity index (χ1n) is 16.5. The fourth-order valence-electron chi connectivity index (χ4n) is 7.19. The normalized spacial score (nSPS) is 14.8. The molecule has 0 aliphatic carbocycles. The first kappa shape index (κ1) is 29.3. The van der Waals surface area contributed by atoms with Gasteiger partial charge in [-0.25, -0.2) is 9.97 Å². The highest BCUT2D eigenvalue weighted by molar-refractivity contribution is 7.79. The van der Waals surface area contributed by atoms with Gasteiger partial charge in [0.05, 0.1) is 11.4 Å². The molecule has 49 heavy (non-hydrogen) atoms. The van der Waals surface area contributed by atoms with Crippen molar-refractivity contribution < 1.29 is 4.57 Å². The molecule has 1 aromatic heterocycles. The summed E-state index contributed by atoms with van der Waals surface area (Å²) >= 11 is 0. The number of hydrogen-bond donors (Lipinski definition) is 0. The molecule has 0 radical (unpaired) electrons. The predicted octanol–water partition coefficient (Wildman–Crippen LogP) is 10.9. The topological polar surface area (TPSA) is 42.9 Å². The van der Waals surface area contributed by atoms with Crippen molar-refractivity contribution in [2.45, 2.75) is 0 Å². The standard InChI is InChI=1S/C45H31N2OP/c1-49(48)43-19-11-10-18-39(43)40-28-34(24-27-44(40)49)36-26-25-35(37-16-8-9-17-38(36)37)30-20-22-32(23-21-30)42-29-41(31-12-4-2-5-13-31)46-45(47-42)33-14-6-3-7-15-33/h2-29H,1H3. The molecule has 4 heteroatoms. The Balaban J connectivity index is 1.11. The van der Waals surface area contributed by atoms with E-state index in [1.165, 1.54) is 16.3 Å². The van der Waals surface area contributed by atoms with Crippen molar-refractivity contribution in [1.82, 2.24) is 9.97 Å². The van der Waals surface area contributed by atoms with E-state index in [-0.39, 0.29) is 0 Å². The average Bonchev–Trinajstić information content (AvgIpc) is 3.40. The Morgan fingerprint density at radius 1 is 0.388 bits per heavy atom. The minimum Gasteiger partial charge on any atom is -0.314 e. The zero-order chi connectivity index (χ0) is 33.0. The zero-order valence-corrected chi connectivity index (χ0v) is 27.8. The third-order valence-corrected chi connectivity index (χ3v) is 12.3. The van der Waals surface area contributed by atoms with Crippen molar-refractivity contribution in [2.24, 2.45) is 0 Å². The molecule has 0 amide bonds. The van der Waals surface area contributed by atoms with Gasteiger partial charge in [-0.2, -0.15) is 0 Å². The number of nitrogens with zero attached hydrogens (tertiary/aromatic N) is 2. The maximum atomic E-state index is 13.8. The molecule has 232 valence electrons. The van der Waals surface area contributed by atoms with Gasteiger partial charge in [0, 0.05) is 27.3 Å². The Kier molecular flexibility index (Phi) is 6.97. The van der Waals surface area contributed by atoms with Crippen LogP contribution in [-0.4, -0.2) is 16.6 Å². The van der Waals surface area contributed by atoms with E-state index in [9.17, 15) is 4.57 Å². The number of hydrogen-bond acceptors (Lipinski definition) is 3. The van der Waals surface area contributed by atoms with Crippen LogP contribution in [0.5, 0.6) is 0 Å². The Labute approximate surface area is 286 Å². The Bertz CT molecular complexity index is 2520. The van der Waals surface area contributed by atoms with Crippen molar-refractivity contribution in [2.75, 3.05) is 6.66 Å². The predicted molar refractivity (Wildman–Crippen MR) is 205 cm³/mol. The van der Waals surface area contributed by atoms with Gasteiger partial charge in [-0.3, -0.25) is 0 Å². The summed E-state index contributed by atoms with van der Waals surface area (Å²) < 4.78 is 13.8. The van der Waals surface area contributed by atoms with E-state index in [4.69, 9.17) is 9.97 Å². The summed E-state index contributed by atoms with van der Waals surface area (Å²) in [6.07, 6.45) is 0. The molecule has 3 nitrogen and oxygen atoms in total. The molecule has 1 aliphatic rings. The van der Waals surface area contributed by atoms with Crippen LogP contribution in [0.15, 0.2) is 170 Å². The second-order valence-electron chi connectivity index (χ2n) is 12.7. The van der Waals surface area contributed by atoms with E-state index < -0.39 is 7.14 Å². The van der Waals surface area contributed by atoms with Crippen LogP contribution in [0.2, 0.25) is 0 Å². The van der Waals surface area contributed by atoms with E-state index in [1.54, 1.807) is 0 Å². The average molecular weight is 647 g/mol. The van der Waals surface area contributed by atoms with Crippen LogP contribution in [0.25, 0.3) is 78.1 Å². The molecule has 0 N–H and O–H groups in total. The zero-order valence-electron chi connectivity index (χ0n) is 26.9. The SMILES string of the molecule is CP1(=O)c2ccccc2-c2cc(-c3ccc(-c4ccc(-c5cc(-c6ccccc6)nc(-c6ccccc6)n5)cc4)c4ccccc34)ccc21. The third-order valence-electron chi connectivity index (χ3n) is 9.66. The van der Waals surface area contributed by atoms with E-state index in [0.717, 1.165) is 66.5 Å². The van der Waals surface area contributed by atoms with Crippen molar-refractivity contribution in [3.05, 3.63) is 170 Å². The second kappa shape index (κ2) is 11.7. The number of fused-ring (bicyclic) bond motifs is 4. The van der Waals surface area contributed by atoms with E-state index >= 15 is 0 Å². The van der Waals surface area contributed by atoms with Crippen LogP contribution >= 0.6 is 7.14 Å². The fourth-order valence-corrected chi connectivity index (χ4v) is 9.47. The van der Waals surface area contributed by atoms with E-state index in [1.807, 2.05) is 61.3 Å². The Hall–Kier alpha value is -5.89. The van der Waals surface area contributed by atoms with Gasteiger partial charge in [0.2, 0.25) is 0 Å². The summed E-state index contributed by atoms with van der Waals surface area (Å²) in [5.41, 5.74) is 11.6. The minimum absolute atomic E-state index is 0.708. The smallest absolute Gasteiger partial charge is 0.160 e. The molecule has 8 aromatic rings. The molecule has 0 spiro atoms. The third kappa shape index (κ3) is 5.03. The lowest BCUT2D eigenvalue weighted by Gasteiger charge is -2.14. The van der Waals surface area contributed by atoms with Crippen LogP contribution in [0.3, 0.4) is 0 Å². The maximum Gasteiger partial charge on any atom is 0.160 e. The molecule has 2 heterocycles. The van der Waals surface area contributed by atoms with E-state index in [2.05, 4.69) is 115 Å². The summed E-state index contributed by atoms with van der Waals surface area (Å²) in [7, 11) is -2.60. The minimum atomic E-state index is -2.60. The van der Waals surface area contributed by atoms with Crippen LogP contribution in [0, 0.1) is 0 Å². The Morgan fingerprint density at radius 3 is 1.55 bits per heavy atom. The lowest BCUT2D eigenvalue weighted by Crippen LogP contribution is -2.07.